The number of fused-ring (bicyclic) bond motifs is 1. The molecule has 2 heterocycles. The van der Waals surface area contributed by atoms with E-state index in [1.54, 1.807) is 0 Å². The van der Waals surface area contributed by atoms with Gasteiger partial charge in [-0.05, 0) is 57.6 Å². The van der Waals surface area contributed by atoms with E-state index in [0.717, 1.165) is 29.6 Å². The maximum absolute atomic E-state index is 9.19. The van der Waals surface area contributed by atoms with Crippen LogP contribution in [0, 0.1) is 0 Å². The highest BCUT2D eigenvalue weighted by atomic mass is 16.7. The van der Waals surface area contributed by atoms with Crippen molar-refractivity contribution in [2.45, 2.75) is 57.8 Å². The summed E-state index contributed by atoms with van der Waals surface area (Å²) in [6.07, 6.45) is 1.67. The first-order valence-corrected chi connectivity index (χ1v) is 7.58. The summed E-state index contributed by atoms with van der Waals surface area (Å²) in [5.41, 5.74) is 1.53. The summed E-state index contributed by atoms with van der Waals surface area (Å²) in [5, 5.41) is 9.19. The number of rotatable bonds is 2. The standard InChI is InChI=1S/C16H23BO4/c1-15(2)16(3,4)21-17(20-15)12-6-8-14-11(9-12)5-7-13(10-18)19-14/h6,8-9,13,18H,5,7,10H2,1-4H3. The number of ether oxygens (including phenoxy) is 1. The van der Waals surface area contributed by atoms with Crippen LogP contribution >= 0.6 is 0 Å². The zero-order chi connectivity index (χ0) is 15.3. The third kappa shape index (κ3) is 2.58. The van der Waals surface area contributed by atoms with Crippen LogP contribution in [0.3, 0.4) is 0 Å². The van der Waals surface area contributed by atoms with Gasteiger partial charge >= 0.3 is 7.12 Å². The van der Waals surface area contributed by atoms with Crippen molar-refractivity contribution >= 4 is 12.6 Å². The third-order valence-electron chi connectivity index (χ3n) is 4.84. The van der Waals surface area contributed by atoms with Gasteiger partial charge in [-0.2, -0.15) is 0 Å². The molecule has 1 aromatic carbocycles. The van der Waals surface area contributed by atoms with Crippen molar-refractivity contribution in [1.82, 2.24) is 0 Å². The van der Waals surface area contributed by atoms with Crippen molar-refractivity contribution in [3.63, 3.8) is 0 Å². The molecule has 0 spiro atoms. The molecule has 3 rings (SSSR count). The molecule has 0 aliphatic carbocycles. The SMILES string of the molecule is CC1(C)OB(c2ccc3c(c2)CCC(CO)O3)OC1(C)C. The topological polar surface area (TPSA) is 47.9 Å². The van der Waals surface area contributed by atoms with E-state index in [-0.39, 0.29) is 31.0 Å². The molecule has 4 nitrogen and oxygen atoms in total. The summed E-state index contributed by atoms with van der Waals surface area (Å²) >= 11 is 0. The highest BCUT2D eigenvalue weighted by Crippen LogP contribution is 2.37. The Morgan fingerprint density at radius 1 is 1.19 bits per heavy atom. The predicted molar refractivity (Wildman–Crippen MR) is 82.0 cm³/mol. The van der Waals surface area contributed by atoms with Crippen molar-refractivity contribution in [2.75, 3.05) is 6.61 Å². The molecule has 114 valence electrons. The van der Waals surface area contributed by atoms with Crippen molar-refractivity contribution in [2.24, 2.45) is 0 Å². The van der Waals surface area contributed by atoms with Crippen LogP contribution in [0.25, 0.3) is 0 Å². The van der Waals surface area contributed by atoms with E-state index in [1.165, 1.54) is 0 Å². The smallest absolute Gasteiger partial charge is 0.488 e. The summed E-state index contributed by atoms with van der Waals surface area (Å²) in [5.74, 6) is 0.862. The highest BCUT2D eigenvalue weighted by molar-refractivity contribution is 6.62. The second-order valence-electron chi connectivity index (χ2n) is 6.92. The van der Waals surface area contributed by atoms with Crippen molar-refractivity contribution in [1.29, 1.82) is 0 Å². The molecule has 1 fully saturated rings. The van der Waals surface area contributed by atoms with Crippen molar-refractivity contribution in [3.05, 3.63) is 23.8 Å². The zero-order valence-electron chi connectivity index (χ0n) is 13.2. The highest BCUT2D eigenvalue weighted by Gasteiger charge is 2.51. The van der Waals surface area contributed by atoms with E-state index in [2.05, 4.69) is 33.8 Å². The fraction of sp³-hybridized carbons (Fsp3) is 0.625. The molecule has 1 N–H and O–H groups in total. The molecule has 0 saturated carbocycles. The first kappa shape index (κ1) is 14.9. The molecule has 1 unspecified atom stereocenters. The number of hydrogen-bond donors (Lipinski definition) is 1. The minimum atomic E-state index is -0.337. The van der Waals surface area contributed by atoms with Gasteiger partial charge in [-0.15, -0.1) is 0 Å². The second kappa shape index (κ2) is 5.01. The van der Waals surface area contributed by atoms with Crippen LogP contribution in [0.15, 0.2) is 18.2 Å². The van der Waals surface area contributed by atoms with Crippen LogP contribution in [0.2, 0.25) is 0 Å². The van der Waals surface area contributed by atoms with E-state index in [9.17, 15) is 5.11 Å². The molecular formula is C16H23BO4. The van der Waals surface area contributed by atoms with Gasteiger partial charge in [0.05, 0.1) is 17.8 Å². The summed E-state index contributed by atoms with van der Waals surface area (Å²) in [6, 6.07) is 6.04. The molecule has 2 aliphatic heterocycles. The Morgan fingerprint density at radius 3 is 2.48 bits per heavy atom. The number of aliphatic hydroxyl groups is 1. The molecule has 0 aromatic heterocycles. The van der Waals surface area contributed by atoms with Crippen LogP contribution in [-0.2, 0) is 15.7 Å². The Hall–Kier alpha value is -1.04. The quantitative estimate of drug-likeness (QED) is 0.842. The zero-order valence-corrected chi connectivity index (χ0v) is 13.2. The monoisotopic (exact) mass is 290 g/mol. The Balaban J connectivity index is 1.83. The lowest BCUT2D eigenvalue weighted by Crippen LogP contribution is -2.41. The van der Waals surface area contributed by atoms with Gasteiger partial charge in [0, 0.05) is 0 Å². The lowest BCUT2D eigenvalue weighted by atomic mass is 9.77. The number of aliphatic hydroxyl groups excluding tert-OH is 1. The van der Waals surface area contributed by atoms with Gasteiger partial charge in [-0.25, -0.2) is 0 Å². The van der Waals surface area contributed by atoms with Crippen molar-refractivity contribution in [3.8, 4) is 5.75 Å². The van der Waals surface area contributed by atoms with E-state index >= 15 is 0 Å². The lowest BCUT2D eigenvalue weighted by molar-refractivity contribution is 0.00578. The molecule has 21 heavy (non-hydrogen) atoms. The Morgan fingerprint density at radius 2 is 1.86 bits per heavy atom. The fourth-order valence-electron chi connectivity index (χ4n) is 2.72. The summed E-state index contributed by atoms with van der Waals surface area (Å²) < 4.78 is 17.9. The maximum Gasteiger partial charge on any atom is 0.494 e. The van der Waals surface area contributed by atoms with E-state index in [0.29, 0.717) is 0 Å². The lowest BCUT2D eigenvalue weighted by Gasteiger charge is -2.32. The summed E-state index contributed by atoms with van der Waals surface area (Å²) in [4.78, 5) is 0. The molecule has 1 atom stereocenters. The average Bonchev–Trinajstić information content (AvgIpc) is 2.66. The molecule has 1 aromatic rings. The number of benzene rings is 1. The molecular weight excluding hydrogens is 267 g/mol. The minimum absolute atomic E-state index is 0.0679. The molecule has 1 saturated heterocycles. The van der Waals surface area contributed by atoms with Crippen LogP contribution in [-0.4, -0.2) is 36.1 Å². The maximum atomic E-state index is 9.19. The van der Waals surface area contributed by atoms with Gasteiger partial charge in [0.15, 0.2) is 0 Å². The van der Waals surface area contributed by atoms with Gasteiger partial charge in [0.1, 0.15) is 11.9 Å². The second-order valence-corrected chi connectivity index (χ2v) is 6.92. The third-order valence-corrected chi connectivity index (χ3v) is 4.84. The van der Waals surface area contributed by atoms with Crippen LogP contribution in [0.4, 0.5) is 0 Å². The first-order valence-electron chi connectivity index (χ1n) is 7.58. The fourth-order valence-corrected chi connectivity index (χ4v) is 2.72. The van der Waals surface area contributed by atoms with E-state index in [4.69, 9.17) is 14.0 Å². The summed E-state index contributed by atoms with van der Waals surface area (Å²) in [6.45, 7) is 8.29. The Bertz CT molecular complexity index is 525. The van der Waals surface area contributed by atoms with Gasteiger partial charge in [-0.1, -0.05) is 12.1 Å². The van der Waals surface area contributed by atoms with E-state index in [1.807, 2.05) is 12.1 Å². The van der Waals surface area contributed by atoms with Gasteiger partial charge in [0.2, 0.25) is 0 Å². The Kier molecular flexibility index (Phi) is 3.55. The van der Waals surface area contributed by atoms with Gasteiger partial charge in [0.25, 0.3) is 0 Å². The molecule has 0 amide bonds. The van der Waals surface area contributed by atoms with E-state index < -0.39 is 0 Å². The van der Waals surface area contributed by atoms with Crippen LogP contribution in [0.1, 0.15) is 39.7 Å². The predicted octanol–water partition coefficient (Wildman–Crippen LogP) is 1.67. The molecule has 2 aliphatic rings. The number of hydrogen-bond acceptors (Lipinski definition) is 4. The van der Waals surface area contributed by atoms with Gasteiger partial charge in [-0.3, -0.25) is 0 Å². The van der Waals surface area contributed by atoms with Gasteiger partial charge < -0.3 is 19.2 Å². The average molecular weight is 290 g/mol. The van der Waals surface area contributed by atoms with Crippen LogP contribution in [0.5, 0.6) is 5.75 Å². The summed E-state index contributed by atoms with van der Waals surface area (Å²) in [7, 11) is -0.337. The first-order chi connectivity index (χ1) is 9.82. The normalized spacial score (nSPS) is 26.3. The van der Waals surface area contributed by atoms with Crippen molar-refractivity contribution < 1.29 is 19.2 Å². The molecule has 0 bridgehead atoms. The number of aryl methyl sites for hydroxylation is 1. The largest absolute Gasteiger partial charge is 0.494 e. The van der Waals surface area contributed by atoms with Crippen LogP contribution < -0.4 is 10.2 Å². The Labute approximate surface area is 126 Å². The molecule has 5 heteroatoms. The molecule has 0 radical (unpaired) electrons. The minimum Gasteiger partial charge on any atom is -0.488 e.